The van der Waals surface area contributed by atoms with Gasteiger partial charge in [-0.2, -0.15) is 5.10 Å². The lowest BCUT2D eigenvalue weighted by atomic mass is 10.1. The molecule has 1 heterocycles. The Kier molecular flexibility index (Phi) is 4.94. The Morgan fingerprint density at radius 3 is 2.71 bits per heavy atom. The zero-order chi connectivity index (χ0) is 16.9. The number of carbonyl (C=O) groups is 1. The molecule has 3 aromatic rings. The largest absolute Gasteiger partial charge is 0.271 e. The lowest BCUT2D eigenvalue weighted by Crippen LogP contribution is -2.19. The van der Waals surface area contributed by atoms with Gasteiger partial charge in [-0.1, -0.05) is 18.2 Å². The predicted octanol–water partition coefficient (Wildman–Crippen LogP) is 2.42. The summed E-state index contributed by atoms with van der Waals surface area (Å²) in [5.74, 6) is -0.246. The Morgan fingerprint density at radius 2 is 1.96 bits per heavy atom. The van der Waals surface area contributed by atoms with Crippen LogP contribution >= 0.6 is 22.6 Å². The van der Waals surface area contributed by atoms with Crippen molar-refractivity contribution in [2.45, 2.75) is 6.92 Å². The fourth-order valence-electron chi connectivity index (χ4n) is 2.05. The van der Waals surface area contributed by atoms with Crippen molar-refractivity contribution in [3.05, 3.63) is 69.6 Å². The standard InChI is InChI=1S/C16H13IN6O/c1-11(19-20-16(24)13-5-2-6-14(17)8-13)12-4-3-7-15(9-12)23-10-18-21-22-23/h2-10H,1H3,(H,20,24)/b19-11+. The molecule has 0 unspecified atom stereocenters. The molecule has 0 aliphatic rings. The Bertz CT molecular complexity index is 891. The summed E-state index contributed by atoms with van der Waals surface area (Å²) < 4.78 is 2.55. The number of tetrazole rings is 1. The molecule has 0 spiro atoms. The summed E-state index contributed by atoms with van der Waals surface area (Å²) in [6, 6.07) is 14.9. The van der Waals surface area contributed by atoms with Gasteiger partial charge in [0.2, 0.25) is 0 Å². The van der Waals surface area contributed by atoms with Crippen LogP contribution in [0.3, 0.4) is 0 Å². The first kappa shape index (κ1) is 16.2. The fourth-order valence-corrected chi connectivity index (χ4v) is 2.59. The van der Waals surface area contributed by atoms with Gasteiger partial charge in [0, 0.05) is 9.13 Å². The summed E-state index contributed by atoms with van der Waals surface area (Å²) in [5, 5.41) is 15.3. The van der Waals surface area contributed by atoms with Gasteiger partial charge in [-0.15, -0.1) is 5.10 Å². The van der Waals surface area contributed by atoms with E-state index >= 15 is 0 Å². The number of nitrogens with one attached hydrogen (secondary N) is 1. The van der Waals surface area contributed by atoms with Crippen LogP contribution in [0, 0.1) is 3.57 Å². The molecule has 0 radical (unpaired) electrons. The van der Waals surface area contributed by atoms with Gasteiger partial charge in [-0.3, -0.25) is 4.79 Å². The van der Waals surface area contributed by atoms with Gasteiger partial charge in [0.1, 0.15) is 6.33 Å². The lowest BCUT2D eigenvalue weighted by Gasteiger charge is -2.05. The molecule has 2 aromatic carbocycles. The smallest absolute Gasteiger partial charge is 0.267 e. The highest BCUT2D eigenvalue weighted by Gasteiger charge is 2.06. The van der Waals surface area contributed by atoms with E-state index in [1.165, 1.54) is 6.33 Å². The first-order valence-corrected chi connectivity index (χ1v) is 8.15. The number of halogens is 1. The highest BCUT2D eigenvalue weighted by molar-refractivity contribution is 14.1. The highest BCUT2D eigenvalue weighted by atomic mass is 127. The van der Waals surface area contributed by atoms with E-state index in [0.717, 1.165) is 14.8 Å². The first-order valence-electron chi connectivity index (χ1n) is 7.07. The molecular formula is C16H13IN6O. The predicted molar refractivity (Wildman–Crippen MR) is 98.0 cm³/mol. The quantitative estimate of drug-likeness (QED) is 0.390. The molecule has 24 heavy (non-hydrogen) atoms. The summed E-state index contributed by atoms with van der Waals surface area (Å²) >= 11 is 2.16. The van der Waals surface area contributed by atoms with E-state index in [1.54, 1.807) is 16.8 Å². The van der Waals surface area contributed by atoms with E-state index in [9.17, 15) is 4.79 Å². The van der Waals surface area contributed by atoms with Crippen LogP contribution in [0.4, 0.5) is 0 Å². The number of hydrogen-bond donors (Lipinski definition) is 1. The van der Waals surface area contributed by atoms with Crippen LogP contribution in [0.2, 0.25) is 0 Å². The minimum Gasteiger partial charge on any atom is -0.267 e. The molecular weight excluding hydrogens is 419 g/mol. The first-order chi connectivity index (χ1) is 11.6. The van der Waals surface area contributed by atoms with Crippen LogP contribution in [0.5, 0.6) is 0 Å². The second-order valence-corrected chi connectivity index (χ2v) is 6.20. The van der Waals surface area contributed by atoms with Crippen molar-refractivity contribution in [2.75, 3.05) is 0 Å². The van der Waals surface area contributed by atoms with E-state index in [-0.39, 0.29) is 5.91 Å². The minimum atomic E-state index is -0.246. The van der Waals surface area contributed by atoms with Crippen LogP contribution in [0.15, 0.2) is 60.0 Å². The number of aromatic nitrogens is 4. The van der Waals surface area contributed by atoms with E-state index in [1.807, 2.05) is 43.3 Å². The number of benzene rings is 2. The molecule has 1 N–H and O–H groups in total. The Balaban J connectivity index is 1.76. The average Bonchev–Trinajstić information content (AvgIpc) is 3.14. The summed E-state index contributed by atoms with van der Waals surface area (Å²) in [5.41, 5.74) is 5.51. The number of nitrogens with zero attached hydrogens (tertiary/aromatic N) is 5. The summed E-state index contributed by atoms with van der Waals surface area (Å²) in [6.45, 7) is 1.83. The van der Waals surface area contributed by atoms with Gasteiger partial charge in [0.25, 0.3) is 5.91 Å². The Labute approximate surface area is 151 Å². The molecule has 8 heteroatoms. The monoisotopic (exact) mass is 432 g/mol. The van der Waals surface area contributed by atoms with Crippen molar-refractivity contribution < 1.29 is 4.79 Å². The summed E-state index contributed by atoms with van der Waals surface area (Å²) in [4.78, 5) is 12.1. The molecule has 3 rings (SSSR count). The molecule has 1 amide bonds. The zero-order valence-corrected chi connectivity index (χ0v) is 14.9. The maximum atomic E-state index is 12.1. The minimum absolute atomic E-state index is 0.246. The number of hydrazone groups is 1. The summed E-state index contributed by atoms with van der Waals surface area (Å²) in [7, 11) is 0. The number of hydrogen-bond acceptors (Lipinski definition) is 5. The van der Waals surface area contributed by atoms with Gasteiger partial charge >= 0.3 is 0 Å². The third-order valence-electron chi connectivity index (χ3n) is 3.29. The number of amides is 1. The van der Waals surface area contributed by atoms with Crippen molar-refractivity contribution >= 4 is 34.2 Å². The van der Waals surface area contributed by atoms with Gasteiger partial charge in [0.05, 0.1) is 11.4 Å². The van der Waals surface area contributed by atoms with Crippen molar-refractivity contribution in [1.82, 2.24) is 25.6 Å². The molecule has 0 bridgehead atoms. The van der Waals surface area contributed by atoms with E-state index < -0.39 is 0 Å². The van der Waals surface area contributed by atoms with Crippen LogP contribution in [-0.4, -0.2) is 31.8 Å². The van der Waals surface area contributed by atoms with Gasteiger partial charge < -0.3 is 0 Å². The van der Waals surface area contributed by atoms with E-state index in [2.05, 4.69) is 48.6 Å². The maximum absolute atomic E-state index is 12.1. The van der Waals surface area contributed by atoms with Crippen molar-refractivity contribution in [2.24, 2.45) is 5.10 Å². The van der Waals surface area contributed by atoms with Gasteiger partial charge in [-0.25, -0.2) is 10.1 Å². The van der Waals surface area contributed by atoms with Gasteiger partial charge in [-0.05, 0) is 75.8 Å². The fraction of sp³-hybridized carbons (Fsp3) is 0.0625. The van der Waals surface area contributed by atoms with E-state index in [4.69, 9.17) is 0 Å². The maximum Gasteiger partial charge on any atom is 0.271 e. The van der Waals surface area contributed by atoms with E-state index in [0.29, 0.717) is 11.3 Å². The molecule has 0 aliphatic carbocycles. The van der Waals surface area contributed by atoms with Crippen molar-refractivity contribution in [3.63, 3.8) is 0 Å². The Morgan fingerprint density at radius 1 is 1.17 bits per heavy atom. The average molecular weight is 432 g/mol. The number of carbonyl (C=O) groups excluding carboxylic acids is 1. The van der Waals surface area contributed by atoms with Crippen molar-refractivity contribution in [3.8, 4) is 5.69 Å². The van der Waals surface area contributed by atoms with Crippen molar-refractivity contribution in [1.29, 1.82) is 0 Å². The zero-order valence-electron chi connectivity index (χ0n) is 12.7. The summed E-state index contributed by atoms with van der Waals surface area (Å²) in [6.07, 6.45) is 1.52. The molecule has 0 aliphatic heterocycles. The second-order valence-electron chi connectivity index (χ2n) is 4.95. The van der Waals surface area contributed by atoms with Crippen LogP contribution in [-0.2, 0) is 0 Å². The molecule has 120 valence electrons. The molecule has 0 saturated heterocycles. The molecule has 0 atom stereocenters. The van der Waals surface area contributed by atoms with Gasteiger partial charge in [0.15, 0.2) is 0 Å². The third-order valence-corrected chi connectivity index (χ3v) is 3.96. The third kappa shape index (κ3) is 3.82. The topological polar surface area (TPSA) is 85.1 Å². The molecule has 7 nitrogen and oxygen atoms in total. The highest BCUT2D eigenvalue weighted by Crippen LogP contribution is 2.10. The number of rotatable bonds is 4. The van der Waals surface area contributed by atoms with Crippen LogP contribution in [0.25, 0.3) is 5.69 Å². The molecule has 1 aromatic heterocycles. The second kappa shape index (κ2) is 7.30. The lowest BCUT2D eigenvalue weighted by molar-refractivity contribution is 0.0955. The van der Waals surface area contributed by atoms with Crippen LogP contribution < -0.4 is 5.43 Å². The van der Waals surface area contributed by atoms with Crippen LogP contribution in [0.1, 0.15) is 22.8 Å². The molecule has 0 saturated carbocycles. The SMILES string of the molecule is C/C(=N\NC(=O)c1cccc(I)c1)c1cccc(-n2cnnn2)c1. The Hall–Kier alpha value is -2.62. The normalized spacial score (nSPS) is 11.3. The molecule has 0 fully saturated rings.